The highest BCUT2D eigenvalue weighted by Crippen LogP contribution is 2.34. The van der Waals surface area contributed by atoms with E-state index in [-0.39, 0.29) is 11.2 Å². The van der Waals surface area contributed by atoms with Crippen LogP contribution >= 0.6 is 11.8 Å². The smallest absolute Gasteiger partial charge is 0.233 e. The first-order chi connectivity index (χ1) is 14.2. The Labute approximate surface area is 173 Å². The molecule has 2 heterocycles. The molecule has 4 aromatic rings. The number of carbonyl (C=O) groups excluding carboxylic acids is 1. The zero-order valence-corrected chi connectivity index (χ0v) is 17.3. The van der Waals surface area contributed by atoms with Crippen molar-refractivity contribution in [1.82, 2.24) is 15.3 Å². The summed E-state index contributed by atoms with van der Waals surface area (Å²) in [5, 5.41) is 4.44. The predicted octanol–water partition coefficient (Wildman–Crippen LogP) is 5.17. The maximum atomic E-state index is 12.7. The number of hydrogen-bond donors (Lipinski definition) is 1. The molecule has 0 bridgehead atoms. The number of furan rings is 1. The second-order valence-corrected chi connectivity index (χ2v) is 8.31. The average Bonchev–Trinajstić information content (AvgIpc) is 3.14. The van der Waals surface area contributed by atoms with E-state index in [1.54, 1.807) is 0 Å². The maximum absolute atomic E-state index is 12.7. The number of benzene rings is 2. The number of hydrogen-bond acceptors (Lipinski definition) is 5. The molecule has 0 fully saturated rings. The van der Waals surface area contributed by atoms with Crippen LogP contribution in [-0.2, 0) is 4.79 Å². The molecule has 0 radical (unpaired) electrons. The van der Waals surface area contributed by atoms with Gasteiger partial charge in [0.2, 0.25) is 5.91 Å². The maximum Gasteiger partial charge on any atom is 0.233 e. The van der Waals surface area contributed by atoms with E-state index < -0.39 is 0 Å². The van der Waals surface area contributed by atoms with Crippen LogP contribution in [0.25, 0.3) is 22.1 Å². The third kappa shape index (κ3) is 4.12. The molecule has 0 spiro atoms. The minimum Gasteiger partial charge on any atom is -0.451 e. The lowest BCUT2D eigenvalue weighted by molar-refractivity contribution is -0.120. The van der Waals surface area contributed by atoms with Gasteiger partial charge in [-0.05, 0) is 31.0 Å². The van der Waals surface area contributed by atoms with Crippen molar-refractivity contribution < 1.29 is 9.21 Å². The van der Waals surface area contributed by atoms with Gasteiger partial charge < -0.3 is 9.73 Å². The molecule has 1 N–H and O–H groups in total. The zero-order valence-electron chi connectivity index (χ0n) is 16.5. The Kier molecular flexibility index (Phi) is 5.81. The fraction of sp³-hybridized carbons (Fsp3) is 0.261. The predicted molar refractivity (Wildman–Crippen MR) is 117 cm³/mol. The van der Waals surface area contributed by atoms with Crippen molar-refractivity contribution in [3.05, 3.63) is 66.5 Å². The fourth-order valence-electron chi connectivity index (χ4n) is 3.40. The van der Waals surface area contributed by atoms with Crippen LogP contribution in [0.1, 0.15) is 31.7 Å². The Morgan fingerprint density at radius 2 is 1.86 bits per heavy atom. The van der Waals surface area contributed by atoms with Gasteiger partial charge in [-0.1, -0.05) is 61.2 Å². The lowest BCUT2D eigenvalue weighted by atomic mass is 9.96. The number of carbonyl (C=O) groups is 1. The van der Waals surface area contributed by atoms with Crippen LogP contribution in [0, 0.1) is 0 Å². The van der Waals surface area contributed by atoms with Gasteiger partial charge in [-0.2, -0.15) is 0 Å². The number of nitrogens with one attached hydrogen (secondary N) is 1. The number of rotatable bonds is 7. The standard InChI is InChI=1S/C23H23N3O2S/c1-3-16(17-9-5-4-6-10-17)13-24-22(27)15(2)29-23-21-20(25-14-26-23)18-11-7-8-12-19(18)28-21/h4-12,14-16H,3,13H2,1-2H3,(H,24,27)/t15-,16-/m1/s1. The first kappa shape index (κ1) is 19.5. The average molecular weight is 406 g/mol. The summed E-state index contributed by atoms with van der Waals surface area (Å²) >= 11 is 1.39. The Balaban J connectivity index is 1.46. The SMILES string of the molecule is CC[C@H](CNC(=O)[C@@H](C)Sc1ncnc2c1oc1ccccc12)c1ccccc1. The van der Waals surface area contributed by atoms with Gasteiger partial charge in [0.25, 0.3) is 0 Å². The van der Waals surface area contributed by atoms with E-state index >= 15 is 0 Å². The van der Waals surface area contributed by atoms with Crippen molar-refractivity contribution in [3.63, 3.8) is 0 Å². The lowest BCUT2D eigenvalue weighted by Crippen LogP contribution is -2.34. The van der Waals surface area contributed by atoms with E-state index in [0.717, 1.165) is 22.9 Å². The van der Waals surface area contributed by atoms with Crippen molar-refractivity contribution in [2.45, 2.75) is 36.5 Å². The molecule has 6 heteroatoms. The molecule has 1 amide bonds. The third-order valence-electron chi connectivity index (χ3n) is 5.07. The van der Waals surface area contributed by atoms with Crippen LogP contribution in [0.2, 0.25) is 0 Å². The molecule has 0 saturated carbocycles. The number of thioether (sulfide) groups is 1. The largest absolute Gasteiger partial charge is 0.451 e. The third-order valence-corrected chi connectivity index (χ3v) is 6.15. The van der Waals surface area contributed by atoms with Gasteiger partial charge in [0.1, 0.15) is 22.5 Å². The molecule has 4 rings (SSSR count). The van der Waals surface area contributed by atoms with Gasteiger partial charge in [-0.3, -0.25) is 4.79 Å². The van der Waals surface area contributed by atoms with Crippen LogP contribution in [-0.4, -0.2) is 27.7 Å². The molecule has 0 aliphatic carbocycles. The summed E-state index contributed by atoms with van der Waals surface area (Å²) in [7, 11) is 0. The second-order valence-electron chi connectivity index (χ2n) is 6.98. The minimum absolute atomic E-state index is 0.00717. The van der Waals surface area contributed by atoms with Crippen molar-refractivity contribution in [3.8, 4) is 0 Å². The summed E-state index contributed by atoms with van der Waals surface area (Å²) < 4.78 is 5.96. The molecule has 0 saturated heterocycles. The zero-order chi connectivity index (χ0) is 20.2. The molecule has 29 heavy (non-hydrogen) atoms. The molecule has 148 valence electrons. The van der Waals surface area contributed by atoms with Gasteiger partial charge in [-0.15, -0.1) is 0 Å². The quantitative estimate of drug-likeness (QED) is 0.339. The first-order valence-corrected chi connectivity index (χ1v) is 10.7. The van der Waals surface area contributed by atoms with Crippen LogP contribution in [0.4, 0.5) is 0 Å². The van der Waals surface area contributed by atoms with Crippen LogP contribution in [0.3, 0.4) is 0 Å². The molecule has 5 nitrogen and oxygen atoms in total. The number of fused-ring (bicyclic) bond motifs is 3. The summed E-state index contributed by atoms with van der Waals surface area (Å²) in [6.45, 7) is 4.65. The van der Waals surface area contributed by atoms with E-state index in [2.05, 4.69) is 34.3 Å². The molecule has 2 atom stereocenters. The van der Waals surface area contributed by atoms with E-state index in [1.165, 1.54) is 23.7 Å². The molecule has 0 aliphatic heterocycles. The molecule has 2 aromatic heterocycles. The van der Waals surface area contributed by atoms with Crippen molar-refractivity contribution in [2.24, 2.45) is 0 Å². The van der Waals surface area contributed by atoms with Crippen LogP contribution in [0.5, 0.6) is 0 Å². The van der Waals surface area contributed by atoms with E-state index in [0.29, 0.717) is 23.1 Å². The van der Waals surface area contributed by atoms with Gasteiger partial charge in [-0.25, -0.2) is 9.97 Å². The Morgan fingerprint density at radius 1 is 1.10 bits per heavy atom. The topological polar surface area (TPSA) is 68.0 Å². The summed E-state index contributed by atoms with van der Waals surface area (Å²) in [5.74, 6) is 0.297. The Morgan fingerprint density at radius 3 is 2.66 bits per heavy atom. The number of nitrogens with zero attached hydrogens (tertiary/aromatic N) is 2. The summed E-state index contributed by atoms with van der Waals surface area (Å²) in [6.07, 6.45) is 2.50. The number of aromatic nitrogens is 2. The van der Waals surface area contributed by atoms with E-state index in [9.17, 15) is 4.79 Å². The fourth-order valence-corrected chi connectivity index (χ4v) is 4.28. The second kappa shape index (κ2) is 8.66. The number of para-hydroxylation sites is 1. The number of amides is 1. The highest BCUT2D eigenvalue weighted by molar-refractivity contribution is 8.00. The van der Waals surface area contributed by atoms with Crippen LogP contribution < -0.4 is 5.32 Å². The highest BCUT2D eigenvalue weighted by Gasteiger charge is 2.20. The summed E-state index contributed by atoms with van der Waals surface area (Å²) in [4.78, 5) is 21.4. The highest BCUT2D eigenvalue weighted by atomic mass is 32.2. The summed E-state index contributed by atoms with van der Waals surface area (Å²) in [5.41, 5.74) is 3.43. The normalized spacial score (nSPS) is 13.4. The first-order valence-electron chi connectivity index (χ1n) is 9.79. The summed E-state index contributed by atoms with van der Waals surface area (Å²) in [6, 6.07) is 18.1. The monoisotopic (exact) mass is 405 g/mol. The Hall–Kier alpha value is -2.86. The van der Waals surface area contributed by atoms with Crippen molar-refractivity contribution >= 4 is 39.7 Å². The van der Waals surface area contributed by atoms with E-state index in [1.807, 2.05) is 49.4 Å². The Bertz CT molecular complexity index is 1130. The molecule has 2 aromatic carbocycles. The van der Waals surface area contributed by atoms with Crippen molar-refractivity contribution in [2.75, 3.05) is 6.54 Å². The van der Waals surface area contributed by atoms with Gasteiger partial charge in [0.15, 0.2) is 5.58 Å². The lowest BCUT2D eigenvalue weighted by Gasteiger charge is -2.18. The molecular formula is C23H23N3O2S. The van der Waals surface area contributed by atoms with Crippen LogP contribution in [0.15, 0.2) is 70.4 Å². The van der Waals surface area contributed by atoms with Gasteiger partial charge >= 0.3 is 0 Å². The van der Waals surface area contributed by atoms with Gasteiger partial charge in [0.05, 0.1) is 5.25 Å². The van der Waals surface area contributed by atoms with Crippen molar-refractivity contribution in [1.29, 1.82) is 0 Å². The molecule has 0 unspecified atom stereocenters. The van der Waals surface area contributed by atoms with E-state index in [4.69, 9.17) is 4.42 Å². The molecular weight excluding hydrogens is 382 g/mol. The minimum atomic E-state index is -0.297. The molecule has 0 aliphatic rings. The van der Waals surface area contributed by atoms with Gasteiger partial charge in [0, 0.05) is 17.8 Å².